The fraction of sp³-hybridized carbons (Fsp3) is 0.364. The number of methoxy groups -OCH3 is 1. The van der Waals surface area contributed by atoms with Crippen molar-refractivity contribution in [1.29, 1.82) is 0 Å². The molecule has 1 atom stereocenters. The topological polar surface area (TPSA) is 67.9 Å². The molecule has 0 spiro atoms. The lowest BCUT2D eigenvalue weighted by atomic mass is 10.1. The Morgan fingerprint density at radius 2 is 1.63 bits per heavy atom. The molecule has 0 bridgehead atoms. The van der Waals surface area contributed by atoms with E-state index in [1.165, 1.54) is 4.90 Å². The van der Waals surface area contributed by atoms with Gasteiger partial charge in [0.25, 0.3) is 5.91 Å². The fourth-order valence-corrected chi connectivity index (χ4v) is 3.48. The first-order chi connectivity index (χ1) is 14.4. The molecule has 0 fully saturated rings. The number of likely N-dealkylation sites (N-methyl/N-ethyl adjacent to an activating group) is 1. The van der Waals surface area contributed by atoms with Crippen LogP contribution < -0.4 is 14.8 Å². The number of ether oxygens (including phenoxy) is 2. The van der Waals surface area contributed by atoms with Gasteiger partial charge in [0, 0.05) is 28.7 Å². The van der Waals surface area contributed by atoms with Crippen LogP contribution in [0.2, 0.25) is 10.0 Å². The Labute approximate surface area is 187 Å². The lowest BCUT2D eigenvalue weighted by Gasteiger charge is -2.31. The smallest absolute Gasteiger partial charge is 0.261 e. The van der Waals surface area contributed by atoms with Gasteiger partial charge in [-0.1, -0.05) is 36.2 Å². The minimum atomic E-state index is -0.677. The van der Waals surface area contributed by atoms with Crippen LogP contribution in [0.3, 0.4) is 0 Å². The number of rotatable bonds is 10. The van der Waals surface area contributed by atoms with Gasteiger partial charge >= 0.3 is 0 Å². The molecule has 2 aromatic carbocycles. The number of carbonyl (C=O) groups excluding carboxylic acids is 2. The van der Waals surface area contributed by atoms with E-state index >= 15 is 0 Å². The average Bonchev–Trinajstić information content (AvgIpc) is 2.74. The molecule has 8 heteroatoms. The number of benzene rings is 2. The molecule has 2 aromatic rings. The summed E-state index contributed by atoms with van der Waals surface area (Å²) in [6.45, 7) is 4.00. The summed E-state index contributed by atoms with van der Waals surface area (Å²) in [5.41, 5.74) is 0.585. The number of carbonyl (C=O) groups is 2. The van der Waals surface area contributed by atoms with Crippen molar-refractivity contribution in [3.63, 3.8) is 0 Å². The van der Waals surface area contributed by atoms with Crippen molar-refractivity contribution in [3.8, 4) is 11.5 Å². The zero-order valence-corrected chi connectivity index (χ0v) is 18.8. The predicted molar refractivity (Wildman–Crippen MR) is 118 cm³/mol. The summed E-state index contributed by atoms with van der Waals surface area (Å²) >= 11 is 12.6. The van der Waals surface area contributed by atoms with E-state index in [0.717, 1.165) is 0 Å². The quantitative estimate of drug-likeness (QED) is 0.582. The summed E-state index contributed by atoms with van der Waals surface area (Å²) in [5.74, 6) is 0.623. The highest BCUT2D eigenvalue weighted by molar-refractivity contribution is 6.36. The van der Waals surface area contributed by atoms with Gasteiger partial charge in [0.05, 0.1) is 7.11 Å². The second-order valence-electron chi connectivity index (χ2n) is 6.50. The van der Waals surface area contributed by atoms with E-state index in [4.69, 9.17) is 32.7 Å². The summed E-state index contributed by atoms with van der Waals surface area (Å²) in [4.78, 5) is 27.1. The van der Waals surface area contributed by atoms with Gasteiger partial charge in [0.15, 0.2) is 6.61 Å². The molecule has 30 heavy (non-hydrogen) atoms. The van der Waals surface area contributed by atoms with E-state index in [2.05, 4.69) is 5.32 Å². The van der Waals surface area contributed by atoms with Gasteiger partial charge in [0.1, 0.15) is 17.5 Å². The maximum absolute atomic E-state index is 13.1. The summed E-state index contributed by atoms with van der Waals surface area (Å²) in [6, 6.07) is 11.4. The van der Waals surface area contributed by atoms with Crippen molar-refractivity contribution in [2.24, 2.45) is 0 Å². The van der Waals surface area contributed by atoms with Crippen molar-refractivity contribution in [1.82, 2.24) is 10.2 Å². The van der Waals surface area contributed by atoms with E-state index in [1.807, 2.05) is 13.8 Å². The molecule has 0 saturated carbocycles. The Hall–Kier alpha value is -2.44. The second kappa shape index (κ2) is 11.7. The van der Waals surface area contributed by atoms with Crippen LogP contribution in [-0.4, -0.2) is 43.0 Å². The molecule has 6 nitrogen and oxygen atoms in total. The van der Waals surface area contributed by atoms with Crippen LogP contribution in [0.5, 0.6) is 11.5 Å². The minimum absolute atomic E-state index is 0.0962. The van der Waals surface area contributed by atoms with Crippen molar-refractivity contribution >= 4 is 35.0 Å². The van der Waals surface area contributed by atoms with Crippen LogP contribution >= 0.6 is 23.2 Å². The Morgan fingerprint density at radius 1 is 1.03 bits per heavy atom. The first kappa shape index (κ1) is 23.8. The van der Waals surface area contributed by atoms with Gasteiger partial charge in [-0.2, -0.15) is 0 Å². The molecule has 2 rings (SSSR count). The Balaban J connectivity index is 2.24. The standard InChI is InChI=1S/C22H26Cl2N2O4/c1-4-20(22(28)25-5-2)26(13-17-18(23)7-6-8-19(17)24)21(27)14-30-16-11-9-15(29-3)10-12-16/h6-12,20H,4-5,13-14H2,1-3H3,(H,25,28)/t20-/m1/s1. The van der Waals surface area contributed by atoms with Crippen LogP contribution in [0.25, 0.3) is 0 Å². The molecule has 0 radical (unpaired) electrons. The van der Waals surface area contributed by atoms with E-state index < -0.39 is 6.04 Å². The predicted octanol–water partition coefficient (Wildman–Crippen LogP) is 4.32. The molecule has 0 aliphatic rings. The van der Waals surface area contributed by atoms with Crippen molar-refractivity contribution < 1.29 is 19.1 Å². The van der Waals surface area contributed by atoms with E-state index in [1.54, 1.807) is 49.6 Å². The summed E-state index contributed by atoms with van der Waals surface area (Å²) in [6.07, 6.45) is 0.433. The third-order valence-corrected chi connectivity index (χ3v) is 5.26. The number of nitrogens with one attached hydrogen (secondary N) is 1. The largest absolute Gasteiger partial charge is 0.497 e. The first-order valence-electron chi connectivity index (χ1n) is 9.68. The molecule has 0 saturated heterocycles. The monoisotopic (exact) mass is 452 g/mol. The molecule has 162 valence electrons. The third kappa shape index (κ3) is 6.28. The molecular weight excluding hydrogens is 427 g/mol. The van der Waals surface area contributed by atoms with Gasteiger partial charge in [-0.05, 0) is 49.7 Å². The Kier molecular flexibility index (Phi) is 9.27. The molecule has 0 heterocycles. The van der Waals surface area contributed by atoms with Crippen LogP contribution in [0.1, 0.15) is 25.8 Å². The van der Waals surface area contributed by atoms with E-state index in [0.29, 0.717) is 40.1 Å². The number of halogens is 2. The van der Waals surface area contributed by atoms with Crippen molar-refractivity contribution in [3.05, 3.63) is 58.1 Å². The summed E-state index contributed by atoms with van der Waals surface area (Å²) < 4.78 is 10.8. The molecule has 0 unspecified atom stereocenters. The SMILES string of the molecule is CCNC(=O)[C@@H](CC)N(Cc1c(Cl)cccc1Cl)C(=O)COc1ccc(OC)cc1. The number of hydrogen-bond acceptors (Lipinski definition) is 4. The third-order valence-electron chi connectivity index (χ3n) is 4.55. The van der Waals surface area contributed by atoms with Gasteiger partial charge in [-0.15, -0.1) is 0 Å². The maximum Gasteiger partial charge on any atom is 0.261 e. The number of nitrogens with zero attached hydrogens (tertiary/aromatic N) is 1. The molecule has 0 aromatic heterocycles. The minimum Gasteiger partial charge on any atom is -0.497 e. The normalized spacial score (nSPS) is 11.5. The van der Waals surface area contributed by atoms with Gasteiger partial charge in [-0.3, -0.25) is 9.59 Å². The lowest BCUT2D eigenvalue weighted by Crippen LogP contribution is -2.50. The molecule has 0 aliphatic heterocycles. The molecule has 1 N–H and O–H groups in total. The second-order valence-corrected chi connectivity index (χ2v) is 7.32. The van der Waals surface area contributed by atoms with Crippen LogP contribution in [0.4, 0.5) is 0 Å². The molecule has 0 aliphatic carbocycles. The highest BCUT2D eigenvalue weighted by atomic mass is 35.5. The van der Waals surface area contributed by atoms with Crippen LogP contribution in [0.15, 0.2) is 42.5 Å². The number of amides is 2. The number of hydrogen-bond donors (Lipinski definition) is 1. The van der Waals surface area contributed by atoms with Gasteiger partial charge < -0.3 is 19.7 Å². The summed E-state index contributed by atoms with van der Waals surface area (Å²) in [5, 5.41) is 3.64. The van der Waals surface area contributed by atoms with Crippen molar-refractivity contribution in [2.45, 2.75) is 32.9 Å². The van der Waals surface area contributed by atoms with Crippen molar-refractivity contribution in [2.75, 3.05) is 20.3 Å². The van der Waals surface area contributed by atoms with Crippen LogP contribution in [-0.2, 0) is 16.1 Å². The van der Waals surface area contributed by atoms with E-state index in [9.17, 15) is 9.59 Å². The zero-order valence-electron chi connectivity index (χ0n) is 17.3. The Bertz CT molecular complexity index is 838. The highest BCUT2D eigenvalue weighted by Gasteiger charge is 2.29. The first-order valence-corrected chi connectivity index (χ1v) is 10.4. The molecule has 2 amide bonds. The van der Waals surface area contributed by atoms with Gasteiger partial charge in [-0.25, -0.2) is 0 Å². The zero-order chi connectivity index (χ0) is 22.1. The highest BCUT2D eigenvalue weighted by Crippen LogP contribution is 2.27. The average molecular weight is 453 g/mol. The van der Waals surface area contributed by atoms with E-state index in [-0.39, 0.29) is 25.0 Å². The van der Waals surface area contributed by atoms with Gasteiger partial charge in [0.2, 0.25) is 5.91 Å². The maximum atomic E-state index is 13.1. The Morgan fingerprint density at radius 3 is 2.17 bits per heavy atom. The van der Waals surface area contributed by atoms with Crippen LogP contribution in [0, 0.1) is 0 Å². The summed E-state index contributed by atoms with van der Waals surface area (Å²) in [7, 11) is 1.57. The fourth-order valence-electron chi connectivity index (χ4n) is 2.97. The molecular formula is C22H26Cl2N2O4. The lowest BCUT2D eigenvalue weighted by molar-refractivity contribution is -0.142.